The Balaban J connectivity index is 0.000001000. The zero-order chi connectivity index (χ0) is 7.56. The largest absolute Gasteiger partial charge is 0.478 e. The summed E-state index contributed by atoms with van der Waals surface area (Å²) in [5.74, 6) is -1.01. The predicted octanol–water partition coefficient (Wildman–Crippen LogP) is 0.858. The number of hydrogen-bond donors (Lipinski definition) is 2. The zero-order valence-electron chi connectivity index (χ0n) is 5.61. The minimum absolute atomic E-state index is 0. The lowest BCUT2D eigenvalue weighted by atomic mass is 10.2. The van der Waals surface area contributed by atoms with Crippen LogP contribution in [0.15, 0.2) is 16.9 Å². The SMILES string of the molecule is Cl.NCc1cocc1C(=O)O. The van der Waals surface area contributed by atoms with Gasteiger partial charge < -0.3 is 15.3 Å². The lowest BCUT2D eigenvalue weighted by Gasteiger charge is -1.89. The van der Waals surface area contributed by atoms with Crippen molar-refractivity contribution in [2.75, 3.05) is 0 Å². The summed E-state index contributed by atoms with van der Waals surface area (Å²) in [7, 11) is 0. The molecule has 0 fully saturated rings. The molecule has 0 radical (unpaired) electrons. The molecular weight excluding hydrogens is 170 g/mol. The second kappa shape index (κ2) is 4.00. The fourth-order valence-corrected chi connectivity index (χ4v) is 0.669. The average molecular weight is 178 g/mol. The molecule has 62 valence electrons. The number of furan rings is 1. The molecule has 0 saturated heterocycles. The molecule has 0 aromatic carbocycles. The Morgan fingerprint density at radius 3 is 2.64 bits per heavy atom. The van der Waals surface area contributed by atoms with Crippen LogP contribution in [0.1, 0.15) is 15.9 Å². The van der Waals surface area contributed by atoms with E-state index in [0.29, 0.717) is 5.56 Å². The van der Waals surface area contributed by atoms with Crippen LogP contribution in [-0.4, -0.2) is 11.1 Å². The number of halogens is 1. The van der Waals surface area contributed by atoms with Crippen molar-refractivity contribution in [2.24, 2.45) is 5.73 Å². The molecule has 11 heavy (non-hydrogen) atoms. The molecule has 0 saturated carbocycles. The van der Waals surface area contributed by atoms with Crippen molar-refractivity contribution < 1.29 is 14.3 Å². The van der Waals surface area contributed by atoms with Gasteiger partial charge in [0, 0.05) is 12.1 Å². The van der Waals surface area contributed by atoms with Crippen LogP contribution in [0.5, 0.6) is 0 Å². The second-order valence-corrected chi connectivity index (χ2v) is 1.82. The highest BCUT2D eigenvalue weighted by Gasteiger charge is 2.09. The van der Waals surface area contributed by atoms with Crippen LogP contribution in [0.3, 0.4) is 0 Å². The molecule has 0 aliphatic heterocycles. The van der Waals surface area contributed by atoms with E-state index in [1.165, 1.54) is 12.5 Å². The highest BCUT2D eigenvalue weighted by atomic mass is 35.5. The van der Waals surface area contributed by atoms with E-state index in [0.717, 1.165) is 0 Å². The maximum atomic E-state index is 10.3. The maximum Gasteiger partial charge on any atom is 0.339 e. The van der Waals surface area contributed by atoms with Crippen LogP contribution < -0.4 is 5.73 Å². The van der Waals surface area contributed by atoms with E-state index in [2.05, 4.69) is 4.42 Å². The van der Waals surface area contributed by atoms with E-state index < -0.39 is 5.97 Å². The van der Waals surface area contributed by atoms with Gasteiger partial charge in [-0.05, 0) is 0 Å². The van der Waals surface area contributed by atoms with Gasteiger partial charge in [-0.2, -0.15) is 0 Å². The van der Waals surface area contributed by atoms with E-state index >= 15 is 0 Å². The summed E-state index contributed by atoms with van der Waals surface area (Å²) in [6, 6.07) is 0. The smallest absolute Gasteiger partial charge is 0.339 e. The highest BCUT2D eigenvalue weighted by Crippen LogP contribution is 2.08. The fourth-order valence-electron chi connectivity index (χ4n) is 0.669. The molecule has 3 N–H and O–H groups in total. The molecule has 1 heterocycles. The monoisotopic (exact) mass is 177 g/mol. The number of carboxylic acids is 1. The first-order valence-electron chi connectivity index (χ1n) is 2.74. The minimum atomic E-state index is -1.01. The highest BCUT2D eigenvalue weighted by molar-refractivity contribution is 5.88. The van der Waals surface area contributed by atoms with Gasteiger partial charge in [-0.15, -0.1) is 12.4 Å². The second-order valence-electron chi connectivity index (χ2n) is 1.82. The summed E-state index contributed by atoms with van der Waals surface area (Å²) in [5, 5.41) is 8.47. The molecule has 0 amide bonds. The van der Waals surface area contributed by atoms with E-state index in [1.807, 2.05) is 0 Å². The zero-order valence-corrected chi connectivity index (χ0v) is 6.43. The van der Waals surface area contributed by atoms with Crippen molar-refractivity contribution in [2.45, 2.75) is 6.54 Å². The van der Waals surface area contributed by atoms with Crippen LogP contribution in [0.2, 0.25) is 0 Å². The van der Waals surface area contributed by atoms with E-state index in [4.69, 9.17) is 10.8 Å². The van der Waals surface area contributed by atoms with Gasteiger partial charge in [-0.3, -0.25) is 0 Å². The Hall–Kier alpha value is -1.00. The van der Waals surface area contributed by atoms with Gasteiger partial charge in [0.25, 0.3) is 0 Å². The van der Waals surface area contributed by atoms with Gasteiger partial charge in [0.1, 0.15) is 11.8 Å². The lowest BCUT2D eigenvalue weighted by Crippen LogP contribution is -2.03. The standard InChI is InChI=1S/C6H7NO3.ClH/c7-1-4-2-10-3-5(4)6(8)9;/h2-3H,1,7H2,(H,8,9);1H. The van der Waals surface area contributed by atoms with Gasteiger partial charge in [-0.1, -0.05) is 0 Å². The number of hydrogen-bond acceptors (Lipinski definition) is 3. The summed E-state index contributed by atoms with van der Waals surface area (Å²) in [5.41, 5.74) is 5.87. The van der Waals surface area contributed by atoms with Crippen LogP contribution in [-0.2, 0) is 6.54 Å². The number of nitrogens with two attached hydrogens (primary N) is 1. The van der Waals surface area contributed by atoms with E-state index in [9.17, 15) is 4.79 Å². The molecule has 1 aromatic heterocycles. The Kier molecular flexibility index (Phi) is 3.64. The topological polar surface area (TPSA) is 76.5 Å². The summed E-state index contributed by atoms with van der Waals surface area (Å²) < 4.78 is 4.64. The number of carbonyl (C=O) groups is 1. The van der Waals surface area contributed by atoms with Gasteiger partial charge in [0.05, 0.1) is 6.26 Å². The van der Waals surface area contributed by atoms with Crippen molar-refractivity contribution in [3.63, 3.8) is 0 Å². The first kappa shape index (κ1) is 10.0. The quantitative estimate of drug-likeness (QED) is 0.703. The Labute approximate surface area is 69.4 Å². The lowest BCUT2D eigenvalue weighted by molar-refractivity contribution is 0.0695. The van der Waals surface area contributed by atoms with E-state index in [-0.39, 0.29) is 24.5 Å². The molecule has 5 heteroatoms. The summed E-state index contributed by atoms with van der Waals surface area (Å²) in [6.45, 7) is 0.193. The third-order valence-corrected chi connectivity index (χ3v) is 1.19. The predicted molar refractivity (Wildman–Crippen MR) is 40.8 cm³/mol. The number of aromatic carboxylic acids is 1. The fraction of sp³-hybridized carbons (Fsp3) is 0.167. The normalized spacial score (nSPS) is 8.82. The van der Waals surface area contributed by atoms with Crippen molar-refractivity contribution >= 4 is 18.4 Å². The van der Waals surface area contributed by atoms with Gasteiger partial charge in [0.2, 0.25) is 0 Å². The van der Waals surface area contributed by atoms with Crippen LogP contribution in [0, 0.1) is 0 Å². The third-order valence-electron chi connectivity index (χ3n) is 1.19. The van der Waals surface area contributed by atoms with Crippen molar-refractivity contribution in [3.05, 3.63) is 23.7 Å². The van der Waals surface area contributed by atoms with Gasteiger partial charge >= 0.3 is 5.97 Å². The van der Waals surface area contributed by atoms with Gasteiger partial charge in [-0.25, -0.2) is 4.79 Å². The molecule has 0 aliphatic rings. The van der Waals surface area contributed by atoms with Crippen LogP contribution in [0.25, 0.3) is 0 Å². The van der Waals surface area contributed by atoms with Crippen molar-refractivity contribution in [3.8, 4) is 0 Å². The summed E-state index contributed by atoms with van der Waals surface area (Å²) in [4.78, 5) is 10.3. The summed E-state index contributed by atoms with van der Waals surface area (Å²) in [6.07, 6.45) is 2.51. The average Bonchev–Trinajstić information content (AvgIpc) is 2.33. The molecule has 4 nitrogen and oxygen atoms in total. The Morgan fingerprint density at radius 1 is 1.64 bits per heavy atom. The van der Waals surface area contributed by atoms with Crippen molar-refractivity contribution in [1.82, 2.24) is 0 Å². The number of rotatable bonds is 2. The first-order valence-corrected chi connectivity index (χ1v) is 2.74. The van der Waals surface area contributed by atoms with E-state index in [1.54, 1.807) is 0 Å². The Morgan fingerprint density at radius 2 is 2.27 bits per heavy atom. The third kappa shape index (κ3) is 1.96. The molecule has 0 bridgehead atoms. The molecule has 0 unspecified atom stereocenters. The maximum absolute atomic E-state index is 10.3. The number of carboxylic acid groups (broad SMARTS) is 1. The molecule has 1 rings (SSSR count). The van der Waals surface area contributed by atoms with Crippen molar-refractivity contribution in [1.29, 1.82) is 0 Å². The first-order chi connectivity index (χ1) is 4.75. The molecule has 1 aromatic rings. The molecule has 0 atom stereocenters. The van der Waals surface area contributed by atoms with Crippen LogP contribution >= 0.6 is 12.4 Å². The van der Waals surface area contributed by atoms with Gasteiger partial charge in [0.15, 0.2) is 0 Å². The molecule has 0 aliphatic carbocycles. The Bertz CT molecular complexity index is 246. The molecule has 0 spiro atoms. The van der Waals surface area contributed by atoms with Crippen LogP contribution in [0.4, 0.5) is 0 Å². The summed E-state index contributed by atoms with van der Waals surface area (Å²) >= 11 is 0. The minimum Gasteiger partial charge on any atom is -0.478 e. The molecular formula is C6H8ClNO3.